The first-order chi connectivity index (χ1) is 5.02. The molecule has 0 aromatic carbocycles. The summed E-state index contributed by atoms with van der Waals surface area (Å²) in [4.78, 5) is 0. The van der Waals surface area contributed by atoms with Crippen LogP contribution in [0.25, 0.3) is 0 Å². The van der Waals surface area contributed by atoms with Crippen LogP contribution in [0, 0.1) is 0 Å². The fourth-order valence-corrected chi connectivity index (χ4v) is 2.56. The zero-order valence-electron chi connectivity index (χ0n) is 7.98. The van der Waals surface area contributed by atoms with Gasteiger partial charge in [-0.15, -0.1) is 0 Å². The Morgan fingerprint density at radius 3 is 1.64 bits per heavy atom. The average Bonchev–Trinajstić information content (AvgIpc) is 1.85. The molecule has 0 rings (SSSR count). The molecule has 64 valence electrons. The smallest absolute Gasteiger partial charge is 0.275 e. The van der Waals surface area contributed by atoms with Crippen LogP contribution in [-0.2, 0) is 0 Å². The van der Waals surface area contributed by atoms with Gasteiger partial charge in [0, 0.05) is 0 Å². The summed E-state index contributed by atoms with van der Waals surface area (Å²) in [6.07, 6.45) is 3.99. The lowest BCUT2D eigenvalue weighted by Gasteiger charge is -2.28. The van der Waals surface area contributed by atoms with Crippen molar-refractivity contribution in [3.63, 3.8) is 0 Å². The van der Waals surface area contributed by atoms with E-state index < -0.39 is 8.24 Å². The first kappa shape index (κ1) is 10.7. The SMILES string of the molecule is C=CC[NH+](CC=C)[Si](C)(C)C. The summed E-state index contributed by atoms with van der Waals surface area (Å²) < 4.78 is 1.64. The van der Waals surface area contributed by atoms with Gasteiger partial charge in [0.25, 0.3) is 8.24 Å². The molecule has 0 saturated carbocycles. The summed E-state index contributed by atoms with van der Waals surface area (Å²) in [6, 6.07) is 0. The van der Waals surface area contributed by atoms with Gasteiger partial charge in [-0.3, -0.25) is 0 Å². The maximum absolute atomic E-state index is 3.76. The molecule has 0 radical (unpaired) electrons. The van der Waals surface area contributed by atoms with Crippen molar-refractivity contribution in [3.8, 4) is 0 Å². The van der Waals surface area contributed by atoms with Crippen molar-refractivity contribution in [1.29, 1.82) is 0 Å². The fourth-order valence-electron chi connectivity index (χ4n) is 1.04. The Morgan fingerprint density at radius 2 is 1.45 bits per heavy atom. The molecular weight excluding hydrogens is 150 g/mol. The Kier molecular flexibility index (Phi) is 4.38. The predicted molar refractivity (Wildman–Crippen MR) is 54.4 cm³/mol. The fraction of sp³-hybridized carbons (Fsp3) is 0.556. The van der Waals surface area contributed by atoms with Crippen molar-refractivity contribution in [3.05, 3.63) is 25.3 Å². The normalized spacial score (nSPS) is 11.6. The van der Waals surface area contributed by atoms with Crippen LogP contribution in [0.3, 0.4) is 0 Å². The van der Waals surface area contributed by atoms with Crippen molar-refractivity contribution < 1.29 is 4.57 Å². The molecule has 0 spiro atoms. The molecule has 0 amide bonds. The van der Waals surface area contributed by atoms with E-state index in [4.69, 9.17) is 0 Å². The van der Waals surface area contributed by atoms with Gasteiger partial charge in [-0.25, -0.2) is 0 Å². The van der Waals surface area contributed by atoms with Crippen LogP contribution in [0.1, 0.15) is 0 Å². The molecule has 0 aromatic heterocycles. The Bertz CT molecular complexity index is 125. The number of nitrogens with one attached hydrogen (secondary N) is 1. The monoisotopic (exact) mass is 170 g/mol. The van der Waals surface area contributed by atoms with Gasteiger partial charge >= 0.3 is 0 Å². The maximum atomic E-state index is 3.76. The molecule has 0 bridgehead atoms. The summed E-state index contributed by atoms with van der Waals surface area (Å²) in [6.45, 7) is 16.8. The number of hydrogen-bond donors (Lipinski definition) is 1. The molecule has 2 heteroatoms. The molecule has 0 aromatic rings. The van der Waals surface area contributed by atoms with E-state index in [1.165, 1.54) is 0 Å². The lowest BCUT2D eigenvalue weighted by molar-refractivity contribution is -0.782. The van der Waals surface area contributed by atoms with Crippen molar-refractivity contribution in [1.82, 2.24) is 0 Å². The van der Waals surface area contributed by atoms with Gasteiger partial charge < -0.3 is 4.57 Å². The maximum Gasteiger partial charge on any atom is 0.275 e. The lowest BCUT2D eigenvalue weighted by atomic mass is 10.5. The summed E-state index contributed by atoms with van der Waals surface area (Å²) >= 11 is 0. The predicted octanol–water partition coefficient (Wildman–Crippen LogP) is 1.08. The molecule has 0 saturated heterocycles. The number of hydrogen-bond acceptors (Lipinski definition) is 0. The molecule has 0 aliphatic rings. The molecule has 1 N–H and O–H groups in total. The first-order valence-corrected chi connectivity index (χ1v) is 7.59. The largest absolute Gasteiger partial charge is 0.388 e. The van der Waals surface area contributed by atoms with Gasteiger partial charge in [0.1, 0.15) is 0 Å². The van der Waals surface area contributed by atoms with E-state index in [0.29, 0.717) is 0 Å². The van der Waals surface area contributed by atoms with E-state index in [9.17, 15) is 0 Å². The summed E-state index contributed by atoms with van der Waals surface area (Å²) in [5.41, 5.74) is 0. The van der Waals surface area contributed by atoms with Crippen LogP contribution >= 0.6 is 0 Å². The molecule has 11 heavy (non-hydrogen) atoms. The quantitative estimate of drug-likeness (QED) is 0.465. The lowest BCUT2D eigenvalue weighted by Crippen LogP contribution is -3.21. The molecule has 0 aliphatic carbocycles. The van der Waals surface area contributed by atoms with E-state index in [-0.39, 0.29) is 0 Å². The molecule has 1 nitrogen and oxygen atoms in total. The first-order valence-electron chi connectivity index (χ1n) is 4.09. The molecule has 0 heterocycles. The van der Waals surface area contributed by atoms with Crippen LogP contribution in [0.5, 0.6) is 0 Å². The van der Waals surface area contributed by atoms with E-state index in [1.807, 2.05) is 12.2 Å². The average molecular weight is 170 g/mol. The minimum atomic E-state index is -1.05. The summed E-state index contributed by atoms with van der Waals surface area (Å²) in [5.74, 6) is 0. The van der Waals surface area contributed by atoms with Crippen LogP contribution in [-0.4, -0.2) is 21.3 Å². The second kappa shape index (κ2) is 4.52. The van der Waals surface area contributed by atoms with Crippen LogP contribution in [0.4, 0.5) is 0 Å². The van der Waals surface area contributed by atoms with Crippen LogP contribution < -0.4 is 4.57 Å². The van der Waals surface area contributed by atoms with Crippen molar-refractivity contribution in [2.75, 3.05) is 13.1 Å². The number of rotatable bonds is 5. The van der Waals surface area contributed by atoms with Crippen molar-refractivity contribution in [2.45, 2.75) is 19.6 Å². The molecule has 0 unspecified atom stereocenters. The highest BCUT2D eigenvalue weighted by Gasteiger charge is 2.27. The zero-order chi connectivity index (χ0) is 8.91. The van der Waals surface area contributed by atoms with Crippen LogP contribution in [0.15, 0.2) is 25.3 Å². The molecule has 0 aliphatic heterocycles. The third kappa shape index (κ3) is 4.17. The molecule has 0 fully saturated rings. The van der Waals surface area contributed by atoms with E-state index >= 15 is 0 Å². The second-order valence-electron chi connectivity index (χ2n) is 3.84. The van der Waals surface area contributed by atoms with Crippen LogP contribution in [0.2, 0.25) is 19.6 Å². The van der Waals surface area contributed by atoms with E-state index in [2.05, 4.69) is 32.8 Å². The zero-order valence-corrected chi connectivity index (χ0v) is 8.98. The Balaban J connectivity index is 4.08. The summed E-state index contributed by atoms with van der Waals surface area (Å²) in [5, 5.41) is 0. The van der Waals surface area contributed by atoms with Crippen molar-refractivity contribution in [2.24, 2.45) is 0 Å². The van der Waals surface area contributed by atoms with Gasteiger partial charge in [0.05, 0.1) is 13.1 Å². The third-order valence-electron chi connectivity index (χ3n) is 1.84. The molecular formula is C9H20NSi+. The van der Waals surface area contributed by atoms with Gasteiger partial charge in [-0.1, -0.05) is 13.2 Å². The third-order valence-corrected chi connectivity index (χ3v) is 4.37. The van der Waals surface area contributed by atoms with Gasteiger partial charge in [0.2, 0.25) is 0 Å². The van der Waals surface area contributed by atoms with Crippen molar-refractivity contribution >= 4 is 8.24 Å². The van der Waals surface area contributed by atoms with Gasteiger partial charge in [-0.2, -0.15) is 0 Å². The Hall–Kier alpha value is -0.343. The molecule has 0 atom stereocenters. The highest BCUT2D eigenvalue weighted by Crippen LogP contribution is 1.87. The standard InChI is InChI=1S/C9H19NSi/c1-6-8-10(9-7-2)11(3,4)5/h6-7H,1-2,8-9H2,3-5H3/p+1. The Labute approximate surface area is 71.5 Å². The topological polar surface area (TPSA) is 4.44 Å². The highest BCUT2D eigenvalue weighted by atomic mass is 28.3. The second-order valence-corrected chi connectivity index (χ2v) is 9.05. The van der Waals surface area contributed by atoms with Gasteiger partial charge in [0.15, 0.2) is 0 Å². The highest BCUT2D eigenvalue weighted by molar-refractivity contribution is 6.67. The summed E-state index contributed by atoms with van der Waals surface area (Å²) in [7, 11) is -1.05. The van der Waals surface area contributed by atoms with E-state index in [1.54, 1.807) is 4.57 Å². The minimum Gasteiger partial charge on any atom is -0.388 e. The minimum absolute atomic E-state index is 1.05. The van der Waals surface area contributed by atoms with Gasteiger partial charge in [-0.05, 0) is 31.8 Å². The van der Waals surface area contributed by atoms with E-state index in [0.717, 1.165) is 13.1 Å². The number of quaternary nitrogens is 1. The Morgan fingerprint density at radius 1 is 1.09 bits per heavy atom.